The molecule has 1 fully saturated rings. The number of hydrogen-bond donors (Lipinski definition) is 0. The Bertz CT molecular complexity index is 563. The van der Waals surface area contributed by atoms with Gasteiger partial charge in [0.15, 0.2) is 0 Å². The topological polar surface area (TPSA) is 43.1 Å². The predicted molar refractivity (Wildman–Crippen MR) is 70.0 cm³/mol. The number of nitro groups is 1. The molecule has 0 amide bonds. The summed E-state index contributed by atoms with van der Waals surface area (Å²) in [6.07, 6.45) is 0.678. The van der Waals surface area contributed by atoms with Gasteiger partial charge in [-0.25, -0.2) is 0 Å². The van der Waals surface area contributed by atoms with Crippen LogP contribution in [0.5, 0.6) is 0 Å². The third kappa shape index (κ3) is 1.99. The molecule has 2 atom stereocenters. The van der Waals surface area contributed by atoms with Crippen molar-refractivity contribution in [1.82, 2.24) is 0 Å². The Kier molecular flexibility index (Phi) is 2.59. The van der Waals surface area contributed by atoms with Crippen molar-refractivity contribution in [2.75, 3.05) is 0 Å². The molecule has 18 heavy (non-hydrogen) atoms. The van der Waals surface area contributed by atoms with Crippen molar-refractivity contribution < 1.29 is 4.92 Å². The van der Waals surface area contributed by atoms with Crippen molar-refractivity contribution in [2.24, 2.45) is 0 Å². The SMILES string of the molecule is O=[N+]([O-])[C@@H]1C[C@H]1c1ccc(-c2ccccc2)cc1. The Balaban J connectivity index is 1.81. The van der Waals surface area contributed by atoms with E-state index in [0.717, 1.165) is 11.1 Å². The highest BCUT2D eigenvalue weighted by molar-refractivity contribution is 5.63. The van der Waals surface area contributed by atoms with Gasteiger partial charge in [-0.15, -0.1) is 0 Å². The molecular formula is C15H13NO2. The summed E-state index contributed by atoms with van der Waals surface area (Å²) in [5.41, 5.74) is 3.40. The molecule has 0 spiro atoms. The van der Waals surface area contributed by atoms with E-state index >= 15 is 0 Å². The standard InChI is InChI=1S/C15H13NO2/c17-16(18)15-10-14(15)13-8-6-12(7-9-13)11-4-2-1-3-5-11/h1-9,14-15H,10H2/t14-,15+/m0/s1. The van der Waals surface area contributed by atoms with Crippen LogP contribution in [0.4, 0.5) is 0 Å². The first-order valence-electron chi connectivity index (χ1n) is 6.04. The summed E-state index contributed by atoms with van der Waals surface area (Å²) >= 11 is 0. The largest absolute Gasteiger partial charge is 0.264 e. The lowest BCUT2D eigenvalue weighted by molar-refractivity contribution is -0.496. The van der Waals surface area contributed by atoms with E-state index in [9.17, 15) is 10.1 Å². The first-order valence-corrected chi connectivity index (χ1v) is 6.04. The average molecular weight is 239 g/mol. The summed E-state index contributed by atoms with van der Waals surface area (Å²) in [7, 11) is 0. The Morgan fingerprint density at radius 1 is 0.944 bits per heavy atom. The highest BCUT2D eigenvalue weighted by Gasteiger charge is 2.48. The van der Waals surface area contributed by atoms with E-state index in [4.69, 9.17) is 0 Å². The highest BCUT2D eigenvalue weighted by Crippen LogP contribution is 2.43. The van der Waals surface area contributed by atoms with Gasteiger partial charge in [0.1, 0.15) is 0 Å². The molecule has 0 saturated heterocycles. The Morgan fingerprint density at radius 3 is 2.11 bits per heavy atom. The number of benzene rings is 2. The normalized spacial score (nSPS) is 21.6. The van der Waals surface area contributed by atoms with E-state index in [-0.39, 0.29) is 16.9 Å². The fourth-order valence-electron chi connectivity index (χ4n) is 2.33. The van der Waals surface area contributed by atoms with Gasteiger partial charge in [-0.05, 0) is 16.7 Å². The summed E-state index contributed by atoms with van der Waals surface area (Å²) in [4.78, 5) is 10.5. The molecule has 3 heteroatoms. The quantitative estimate of drug-likeness (QED) is 0.607. The van der Waals surface area contributed by atoms with Gasteiger partial charge in [0.05, 0.1) is 5.92 Å². The number of rotatable bonds is 3. The number of nitrogens with zero attached hydrogens (tertiary/aromatic N) is 1. The van der Waals surface area contributed by atoms with Crippen LogP contribution in [-0.4, -0.2) is 11.0 Å². The zero-order valence-electron chi connectivity index (χ0n) is 9.82. The third-order valence-electron chi connectivity index (χ3n) is 3.47. The summed E-state index contributed by atoms with van der Waals surface area (Å²) in [6.45, 7) is 0. The van der Waals surface area contributed by atoms with Crippen LogP contribution in [0.2, 0.25) is 0 Å². The second-order valence-corrected chi connectivity index (χ2v) is 4.68. The molecule has 3 nitrogen and oxygen atoms in total. The molecule has 1 saturated carbocycles. The van der Waals surface area contributed by atoms with Crippen LogP contribution in [-0.2, 0) is 0 Å². The maximum absolute atomic E-state index is 10.6. The van der Waals surface area contributed by atoms with Crippen LogP contribution >= 0.6 is 0 Å². The zero-order valence-corrected chi connectivity index (χ0v) is 9.82. The number of hydrogen-bond acceptors (Lipinski definition) is 2. The second kappa shape index (κ2) is 4.26. The van der Waals surface area contributed by atoms with E-state index < -0.39 is 0 Å². The van der Waals surface area contributed by atoms with Crippen LogP contribution in [0.3, 0.4) is 0 Å². The van der Waals surface area contributed by atoms with Gasteiger partial charge in [-0.1, -0.05) is 54.6 Å². The van der Waals surface area contributed by atoms with Crippen molar-refractivity contribution in [3.63, 3.8) is 0 Å². The van der Waals surface area contributed by atoms with Crippen molar-refractivity contribution in [3.05, 3.63) is 70.3 Å². The summed E-state index contributed by atoms with van der Waals surface area (Å²) < 4.78 is 0. The second-order valence-electron chi connectivity index (χ2n) is 4.68. The van der Waals surface area contributed by atoms with Crippen LogP contribution in [0, 0.1) is 10.1 Å². The van der Waals surface area contributed by atoms with E-state index in [2.05, 4.69) is 12.1 Å². The van der Waals surface area contributed by atoms with Crippen LogP contribution in [0.1, 0.15) is 17.9 Å². The fourth-order valence-corrected chi connectivity index (χ4v) is 2.33. The Morgan fingerprint density at radius 2 is 1.56 bits per heavy atom. The monoisotopic (exact) mass is 239 g/mol. The van der Waals surface area contributed by atoms with Crippen LogP contribution < -0.4 is 0 Å². The molecule has 0 aromatic heterocycles. The lowest BCUT2D eigenvalue weighted by atomic mass is 10.0. The van der Waals surface area contributed by atoms with Crippen LogP contribution in [0.15, 0.2) is 54.6 Å². The first-order chi connectivity index (χ1) is 8.75. The molecule has 1 aliphatic rings. The average Bonchev–Trinajstić information content (AvgIpc) is 3.20. The molecule has 1 aliphatic carbocycles. The van der Waals surface area contributed by atoms with E-state index in [1.807, 2.05) is 42.5 Å². The van der Waals surface area contributed by atoms with Crippen molar-refractivity contribution >= 4 is 0 Å². The molecule has 0 unspecified atom stereocenters. The first kappa shape index (κ1) is 11.0. The van der Waals surface area contributed by atoms with Gasteiger partial charge in [0.2, 0.25) is 6.04 Å². The minimum Gasteiger partial charge on any atom is -0.264 e. The van der Waals surface area contributed by atoms with Gasteiger partial charge in [-0.3, -0.25) is 10.1 Å². The molecule has 2 aromatic carbocycles. The molecule has 0 N–H and O–H groups in total. The molecular weight excluding hydrogens is 226 g/mol. The fraction of sp³-hybridized carbons (Fsp3) is 0.200. The molecule has 2 aromatic rings. The van der Waals surface area contributed by atoms with Crippen molar-refractivity contribution in [3.8, 4) is 11.1 Å². The van der Waals surface area contributed by atoms with E-state index in [1.54, 1.807) is 0 Å². The summed E-state index contributed by atoms with van der Waals surface area (Å²) in [5.74, 6) is 0.116. The molecule has 3 rings (SSSR count). The molecule has 0 bridgehead atoms. The maximum atomic E-state index is 10.6. The van der Waals surface area contributed by atoms with Gasteiger partial charge < -0.3 is 0 Å². The molecule has 90 valence electrons. The van der Waals surface area contributed by atoms with Gasteiger partial charge in [-0.2, -0.15) is 0 Å². The molecule has 0 radical (unpaired) electrons. The Hall–Kier alpha value is -2.16. The van der Waals surface area contributed by atoms with Gasteiger partial charge in [0.25, 0.3) is 0 Å². The predicted octanol–water partition coefficient (Wildman–Crippen LogP) is 3.49. The maximum Gasteiger partial charge on any atom is 0.221 e. The third-order valence-corrected chi connectivity index (χ3v) is 3.47. The summed E-state index contributed by atoms with van der Waals surface area (Å²) in [5, 5.41) is 10.6. The van der Waals surface area contributed by atoms with Crippen LogP contribution in [0.25, 0.3) is 11.1 Å². The summed E-state index contributed by atoms with van der Waals surface area (Å²) in [6, 6.07) is 17.9. The smallest absolute Gasteiger partial charge is 0.221 e. The van der Waals surface area contributed by atoms with E-state index in [1.165, 1.54) is 5.56 Å². The van der Waals surface area contributed by atoms with E-state index in [0.29, 0.717) is 6.42 Å². The highest BCUT2D eigenvalue weighted by atomic mass is 16.6. The van der Waals surface area contributed by atoms with Gasteiger partial charge in [0, 0.05) is 11.3 Å². The minimum atomic E-state index is -0.368. The Labute approximate surface area is 105 Å². The van der Waals surface area contributed by atoms with Gasteiger partial charge >= 0.3 is 0 Å². The van der Waals surface area contributed by atoms with Crippen molar-refractivity contribution in [1.29, 1.82) is 0 Å². The van der Waals surface area contributed by atoms with Crippen molar-refractivity contribution in [2.45, 2.75) is 18.4 Å². The zero-order chi connectivity index (χ0) is 12.5. The lowest BCUT2D eigenvalue weighted by Crippen LogP contribution is -2.02. The lowest BCUT2D eigenvalue weighted by Gasteiger charge is -2.03. The molecule has 0 aliphatic heterocycles. The molecule has 0 heterocycles. The minimum absolute atomic E-state index is 0.116.